The molecule has 1 fully saturated rings. The van der Waals surface area contributed by atoms with Crippen LogP contribution in [0.5, 0.6) is 0 Å². The van der Waals surface area contributed by atoms with E-state index in [0.717, 1.165) is 0 Å². The largest absolute Gasteiger partial charge is 0.353 e. The van der Waals surface area contributed by atoms with Crippen LogP contribution in [0.25, 0.3) is 0 Å². The Balaban J connectivity index is 2.41. The van der Waals surface area contributed by atoms with Crippen molar-refractivity contribution in [2.45, 2.75) is 19.9 Å². The number of nitro groups is 1. The number of carbonyl (C=O) groups is 2. The van der Waals surface area contributed by atoms with E-state index in [1.165, 1.54) is 11.0 Å². The topological polar surface area (TPSA) is 92.6 Å². The molecule has 1 aromatic carbocycles. The van der Waals surface area contributed by atoms with E-state index in [1.807, 2.05) is 0 Å². The Morgan fingerprint density at radius 1 is 1.50 bits per heavy atom. The van der Waals surface area contributed by atoms with Crippen molar-refractivity contribution >= 4 is 17.5 Å². The smallest absolute Gasteiger partial charge is 0.285 e. The molecule has 1 heterocycles. The molecule has 1 unspecified atom stereocenters. The van der Waals surface area contributed by atoms with Gasteiger partial charge in [0.1, 0.15) is 11.6 Å². The quantitative estimate of drug-likeness (QED) is 0.641. The van der Waals surface area contributed by atoms with Crippen molar-refractivity contribution in [1.82, 2.24) is 10.2 Å². The van der Waals surface area contributed by atoms with Gasteiger partial charge in [0.25, 0.3) is 11.6 Å². The molecule has 0 aliphatic carbocycles. The first-order valence-electron chi connectivity index (χ1n) is 6.26. The molecule has 0 bridgehead atoms. The zero-order valence-electron chi connectivity index (χ0n) is 11.3. The van der Waals surface area contributed by atoms with Crippen molar-refractivity contribution in [3.63, 3.8) is 0 Å². The van der Waals surface area contributed by atoms with Gasteiger partial charge in [0, 0.05) is 18.7 Å². The number of carbonyl (C=O) groups excluding carboxylic acids is 2. The van der Waals surface area contributed by atoms with E-state index in [9.17, 15) is 19.7 Å². The molecular weight excluding hydrogens is 262 g/mol. The fraction of sp³-hybridized carbons (Fsp3) is 0.385. The zero-order chi connectivity index (χ0) is 14.9. The molecule has 106 valence electrons. The maximum Gasteiger partial charge on any atom is 0.285 e. The van der Waals surface area contributed by atoms with Crippen molar-refractivity contribution in [3.05, 3.63) is 39.4 Å². The summed E-state index contributed by atoms with van der Waals surface area (Å²) in [7, 11) is 0. The Hall–Kier alpha value is -2.44. The second-order valence-corrected chi connectivity index (χ2v) is 4.69. The number of nitrogens with zero attached hydrogens (tertiary/aromatic N) is 2. The first-order chi connectivity index (χ1) is 9.43. The molecule has 0 radical (unpaired) electrons. The first kappa shape index (κ1) is 14.0. The molecule has 0 saturated carbocycles. The van der Waals surface area contributed by atoms with Crippen molar-refractivity contribution in [2.75, 3.05) is 13.1 Å². The van der Waals surface area contributed by atoms with E-state index < -0.39 is 16.9 Å². The highest BCUT2D eigenvalue weighted by molar-refractivity contribution is 6.01. The number of nitro benzene ring substituents is 1. The van der Waals surface area contributed by atoms with E-state index in [0.29, 0.717) is 18.7 Å². The standard InChI is InChI=1S/C13H15N3O4/c1-8-4-3-5-10(11(8)16(19)20)13(18)15-7-6-14-12(17)9(15)2/h3-5,9H,6-7H2,1-2H3,(H,14,17). The predicted octanol–water partition coefficient (Wildman–Crippen LogP) is 0.864. The van der Waals surface area contributed by atoms with Gasteiger partial charge in [-0.15, -0.1) is 0 Å². The highest BCUT2D eigenvalue weighted by atomic mass is 16.6. The Morgan fingerprint density at radius 3 is 2.85 bits per heavy atom. The van der Waals surface area contributed by atoms with Crippen LogP contribution in [0.1, 0.15) is 22.8 Å². The molecule has 1 aliphatic rings. The van der Waals surface area contributed by atoms with Gasteiger partial charge in [-0.3, -0.25) is 19.7 Å². The molecule has 1 aliphatic heterocycles. The normalized spacial score (nSPS) is 18.6. The second-order valence-electron chi connectivity index (χ2n) is 4.69. The average Bonchev–Trinajstić information content (AvgIpc) is 2.40. The van der Waals surface area contributed by atoms with E-state index in [-0.39, 0.29) is 17.2 Å². The summed E-state index contributed by atoms with van der Waals surface area (Å²) in [5.41, 5.74) is 0.252. The van der Waals surface area contributed by atoms with Crippen LogP contribution in [0, 0.1) is 17.0 Å². The average molecular weight is 277 g/mol. The molecule has 1 saturated heterocycles. The molecule has 7 heteroatoms. The van der Waals surface area contributed by atoms with Gasteiger partial charge in [-0.1, -0.05) is 12.1 Å². The highest BCUT2D eigenvalue weighted by Crippen LogP contribution is 2.25. The van der Waals surface area contributed by atoms with Gasteiger partial charge >= 0.3 is 0 Å². The van der Waals surface area contributed by atoms with E-state index in [4.69, 9.17) is 0 Å². The van der Waals surface area contributed by atoms with Crippen LogP contribution in [0.15, 0.2) is 18.2 Å². The number of hydrogen-bond donors (Lipinski definition) is 1. The van der Waals surface area contributed by atoms with E-state index >= 15 is 0 Å². The van der Waals surface area contributed by atoms with Gasteiger partial charge in [-0.25, -0.2) is 0 Å². The molecule has 0 spiro atoms. The third-order valence-corrected chi connectivity index (χ3v) is 3.41. The number of rotatable bonds is 2. The van der Waals surface area contributed by atoms with Crippen LogP contribution in [0.3, 0.4) is 0 Å². The number of aryl methyl sites for hydroxylation is 1. The van der Waals surface area contributed by atoms with Crippen LogP contribution < -0.4 is 5.32 Å². The molecular formula is C13H15N3O4. The van der Waals surface area contributed by atoms with Crippen molar-refractivity contribution in [2.24, 2.45) is 0 Å². The van der Waals surface area contributed by atoms with Crippen LogP contribution >= 0.6 is 0 Å². The molecule has 20 heavy (non-hydrogen) atoms. The highest BCUT2D eigenvalue weighted by Gasteiger charge is 2.33. The fourth-order valence-electron chi connectivity index (χ4n) is 2.29. The molecule has 7 nitrogen and oxygen atoms in total. The number of amides is 2. The third kappa shape index (κ3) is 2.34. The lowest BCUT2D eigenvalue weighted by Crippen LogP contribution is -2.55. The van der Waals surface area contributed by atoms with Gasteiger partial charge in [-0.05, 0) is 19.9 Å². The predicted molar refractivity (Wildman–Crippen MR) is 71.3 cm³/mol. The first-order valence-corrected chi connectivity index (χ1v) is 6.26. The summed E-state index contributed by atoms with van der Waals surface area (Å²) >= 11 is 0. The van der Waals surface area contributed by atoms with E-state index in [2.05, 4.69) is 5.32 Å². The molecule has 1 atom stereocenters. The minimum Gasteiger partial charge on any atom is -0.353 e. The summed E-state index contributed by atoms with van der Waals surface area (Å²) < 4.78 is 0. The summed E-state index contributed by atoms with van der Waals surface area (Å²) in [5, 5.41) is 13.8. The summed E-state index contributed by atoms with van der Waals surface area (Å²) in [6.45, 7) is 3.89. The monoisotopic (exact) mass is 277 g/mol. The third-order valence-electron chi connectivity index (χ3n) is 3.41. The van der Waals surface area contributed by atoms with Gasteiger partial charge < -0.3 is 10.2 Å². The lowest BCUT2D eigenvalue weighted by molar-refractivity contribution is -0.385. The summed E-state index contributed by atoms with van der Waals surface area (Å²) in [4.78, 5) is 36.0. The summed E-state index contributed by atoms with van der Waals surface area (Å²) in [6, 6.07) is 3.98. The number of piperazine rings is 1. The van der Waals surface area contributed by atoms with Crippen molar-refractivity contribution in [1.29, 1.82) is 0 Å². The zero-order valence-corrected chi connectivity index (χ0v) is 11.3. The second kappa shape index (κ2) is 5.28. The SMILES string of the molecule is Cc1cccc(C(=O)N2CCNC(=O)C2C)c1[N+](=O)[O-]. The minimum atomic E-state index is -0.628. The van der Waals surface area contributed by atoms with Crippen LogP contribution in [-0.4, -0.2) is 40.8 Å². The van der Waals surface area contributed by atoms with Gasteiger partial charge in [-0.2, -0.15) is 0 Å². The molecule has 0 aromatic heterocycles. The lowest BCUT2D eigenvalue weighted by atomic mass is 10.1. The van der Waals surface area contributed by atoms with Crippen LogP contribution in [0.2, 0.25) is 0 Å². The maximum absolute atomic E-state index is 12.5. The molecule has 2 amide bonds. The van der Waals surface area contributed by atoms with Gasteiger partial charge in [0.2, 0.25) is 5.91 Å². The lowest BCUT2D eigenvalue weighted by Gasteiger charge is -2.32. The molecule has 1 N–H and O–H groups in total. The van der Waals surface area contributed by atoms with Gasteiger partial charge in [0.15, 0.2) is 0 Å². The Morgan fingerprint density at radius 2 is 2.20 bits per heavy atom. The molecule has 2 rings (SSSR count). The Bertz CT molecular complexity index is 585. The fourth-order valence-corrected chi connectivity index (χ4v) is 2.29. The Labute approximate surface area is 115 Å². The number of hydrogen-bond acceptors (Lipinski definition) is 4. The minimum absolute atomic E-state index is 0.0246. The van der Waals surface area contributed by atoms with Crippen molar-refractivity contribution in [3.8, 4) is 0 Å². The van der Waals surface area contributed by atoms with Crippen molar-refractivity contribution < 1.29 is 14.5 Å². The van der Waals surface area contributed by atoms with E-state index in [1.54, 1.807) is 26.0 Å². The molecule has 1 aromatic rings. The maximum atomic E-state index is 12.5. The summed E-state index contributed by atoms with van der Waals surface area (Å²) in [6.07, 6.45) is 0. The van der Waals surface area contributed by atoms with Crippen LogP contribution in [-0.2, 0) is 4.79 Å². The Kier molecular flexibility index (Phi) is 3.69. The number of nitrogens with one attached hydrogen (secondary N) is 1. The number of para-hydroxylation sites is 1. The van der Waals surface area contributed by atoms with Gasteiger partial charge in [0.05, 0.1) is 4.92 Å². The number of benzene rings is 1. The van der Waals surface area contributed by atoms with Crippen LogP contribution in [0.4, 0.5) is 5.69 Å². The summed E-state index contributed by atoms with van der Waals surface area (Å²) in [5.74, 6) is -0.734.